The minimum atomic E-state index is -2.72. The quantitative estimate of drug-likeness (QED) is 0.396. The second-order valence-corrected chi connectivity index (χ2v) is 4.07. The minimum Gasteiger partial charge on any atom is -0.333 e. The lowest BCUT2D eigenvalue weighted by molar-refractivity contribution is -0.849. The number of rotatable bonds is 0. The van der Waals surface area contributed by atoms with Crippen molar-refractivity contribution >= 4 is 6.15 Å². The third-order valence-electron chi connectivity index (χ3n) is 0.775. The van der Waals surface area contributed by atoms with Gasteiger partial charge in [0, 0.05) is 0 Å². The molecular formula is C8H12BN5. The maximum absolute atomic E-state index is 8.09. The smallest absolute Gasteiger partial charge is 0.333 e. The van der Waals surface area contributed by atoms with E-state index in [2.05, 4.69) is 28.2 Å². The van der Waals surface area contributed by atoms with E-state index in [1.165, 1.54) is 23.9 Å². The van der Waals surface area contributed by atoms with Gasteiger partial charge in [0.25, 0.3) is 0 Å². The summed E-state index contributed by atoms with van der Waals surface area (Å²) in [4.78, 5) is 0. The summed E-state index contributed by atoms with van der Waals surface area (Å²) in [7, 11) is 8.50. The van der Waals surface area contributed by atoms with Crippen molar-refractivity contribution in [2.75, 3.05) is 28.2 Å². The predicted octanol–water partition coefficient (Wildman–Crippen LogP) is 0.00872. The van der Waals surface area contributed by atoms with Crippen molar-refractivity contribution in [1.82, 2.24) is 0 Å². The van der Waals surface area contributed by atoms with Crippen LogP contribution in [-0.4, -0.2) is 38.8 Å². The van der Waals surface area contributed by atoms with E-state index in [-0.39, 0.29) is 0 Å². The van der Waals surface area contributed by atoms with E-state index in [4.69, 9.17) is 21.0 Å². The maximum Gasteiger partial charge on any atom is 0.383 e. The van der Waals surface area contributed by atoms with Gasteiger partial charge in [0.05, 0.1) is 28.2 Å². The average Bonchev–Trinajstić information content (AvgIpc) is 2.07. The van der Waals surface area contributed by atoms with Crippen LogP contribution in [0.4, 0.5) is 0 Å². The molecule has 0 N–H and O–H groups in total. The van der Waals surface area contributed by atoms with E-state index in [1.807, 2.05) is 0 Å². The fourth-order valence-corrected chi connectivity index (χ4v) is 0.173. The number of nitrogens with zero attached hydrogens (tertiary/aromatic N) is 5. The molecule has 0 heterocycles. The fraction of sp³-hybridized carbons (Fsp3) is 0.500. The number of hydrogen-bond donors (Lipinski definition) is 0. The summed E-state index contributed by atoms with van der Waals surface area (Å²) in [6.07, 6.45) is -2.72. The van der Waals surface area contributed by atoms with Crippen LogP contribution in [0.1, 0.15) is 0 Å². The van der Waals surface area contributed by atoms with E-state index >= 15 is 0 Å². The molecule has 0 spiro atoms. The Bertz CT molecular complexity index is 273. The summed E-state index contributed by atoms with van der Waals surface area (Å²) >= 11 is 0. The molecule has 0 aliphatic carbocycles. The van der Waals surface area contributed by atoms with Crippen LogP contribution in [0, 0.1) is 44.9 Å². The Morgan fingerprint density at radius 3 is 0.857 bits per heavy atom. The third kappa shape index (κ3) is 8.09. The average molecular weight is 189 g/mol. The Morgan fingerprint density at radius 1 is 0.714 bits per heavy atom. The van der Waals surface area contributed by atoms with Gasteiger partial charge in [-0.05, 0) is 0 Å². The Labute approximate surface area is 84.5 Å². The van der Waals surface area contributed by atoms with Crippen molar-refractivity contribution < 1.29 is 4.48 Å². The van der Waals surface area contributed by atoms with Gasteiger partial charge in [0.1, 0.15) is 0 Å². The zero-order valence-electron chi connectivity index (χ0n) is 8.81. The van der Waals surface area contributed by atoms with Crippen LogP contribution in [0.2, 0.25) is 0 Å². The molecule has 0 fully saturated rings. The van der Waals surface area contributed by atoms with Crippen LogP contribution in [0.15, 0.2) is 0 Å². The van der Waals surface area contributed by atoms with Crippen molar-refractivity contribution in [2.45, 2.75) is 0 Å². The molecule has 0 aliphatic rings. The monoisotopic (exact) mass is 189 g/mol. The molecule has 0 atom stereocenters. The highest BCUT2D eigenvalue weighted by Gasteiger charge is 2.22. The van der Waals surface area contributed by atoms with Crippen LogP contribution in [0.3, 0.4) is 0 Å². The lowest BCUT2D eigenvalue weighted by Crippen LogP contribution is -2.27. The normalized spacial score (nSPS) is 9.14. The first-order chi connectivity index (χ1) is 6.24. The molecule has 0 aromatic rings. The highest BCUT2D eigenvalue weighted by Crippen LogP contribution is 1.92. The second kappa shape index (κ2) is 5.60. The highest BCUT2D eigenvalue weighted by molar-refractivity contribution is 7.05. The highest BCUT2D eigenvalue weighted by atomic mass is 15.2. The Kier molecular flexibility index (Phi) is 5.80. The summed E-state index contributed by atoms with van der Waals surface area (Å²) in [6, 6.07) is 0. The first-order valence-corrected chi connectivity index (χ1v) is 3.84. The van der Waals surface area contributed by atoms with Gasteiger partial charge in [-0.2, -0.15) is 0 Å². The van der Waals surface area contributed by atoms with Crippen molar-refractivity contribution in [3.63, 3.8) is 0 Å². The Hall–Kier alpha value is -2.02. The standard InChI is InChI=1S/C4BN4.C4H12N/c6-1-5(2-7,3-8)4-9;1-5(2,3)4/h;1-4H3/q-1;+1. The number of quaternary nitrogens is 1. The van der Waals surface area contributed by atoms with Crippen LogP contribution in [0.25, 0.3) is 0 Å². The molecule has 0 radical (unpaired) electrons. The SMILES string of the molecule is C[N+](C)(C)C.N#C[B-](C#N)(C#N)C#N. The van der Waals surface area contributed by atoms with Gasteiger partial charge in [0.2, 0.25) is 0 Å². The van der Waals surface area contributed by atoms with Gasteiger partial charge < -0.3 is 4.48 Å². The molecule has 6 heteroatoms. The summed E-state index contributed by atoms with van der Waals surface area (Å²) in [5.41, 5.74) is 0. The second-order valence-electron chi connectivity index (χ2n) is 4.07. The molecule has 0 bridgehead atoms. The van der Waals surface area contributed by atoms with Gasteiger partial charge in [-0.15, -0.1) is 23.9 Å². The van der Waals surface area contributed by atoms with Gasteiger partial charge >= 0.3 is 6.15 Å². The summed E-state index contributed by atoms with van der Waals surface area (Å²) < 4.78 is 1.00. The first kappa shape index (κ1) is 14.5. The first-order valence-electron chi connectivity index (χ1n) is 3.84. The van der Waals surface area contributed by atoms with Crippen LogP contribution < -0.4 is 0 Å². The molecule has 72 valence electrons. The molecule has 0 unspecified atom stereocenters. The van der Waals surface area contributed by atoms with Gasteiger partial charge in [-0.25, -0.2) is 21.0 Å². The minimum absolute atomic E-state index is 1.00. The molecule has 0 aliphatic heterocycles. The van der Waals surface area contributed by atoms with E-state index in [1.54, 1.807) is 0 Å². The van der Waals surface area contributed by atoms with E-state index in [0.717, 1.165) is 4.48 Å². The van der Waals surface area contributed by atoms with Gasteiger partial charge in [0.15, 0.2) is 0 Å². The lowest BCUT2D eigenvalue weighted by Gasteiger charge is -2.14. The summed E-state index contributed by atoms with van der Waals surface area (Å²) in [5.74, 6) is 5.38. The van der Waals surface area contributed by atoms with E-state index < -0.39 is 6.15 Å². The van der Waals surface area contributed by atoms with Crippen molar-refractivity contribution in [1.29, 1.82) is 21.0 Å². The van der Waals surface area contributed by atoms with Gasteiger partial charge in [-0.1, -0.05) is 0 Å². The lowest BCUT2D eigenvalue weighted by atomic mass is 9.30. The molecule has 0 aromatic carbocycles. The molecular weight excluding hydrogens is 177 g/mol. The van der Waals surface area contributed by atoms with Crippen molar-refractivity contribution in [3.05, 3.63) is 0 Å². The molecule has 0 rings (SSSR count). The fourth-order valence-electron chi connectivity index (χ4n) is 0.173. The zero-order valence-corrected chi connectivity index (χ0v) is 8.81. The predicted molar refractivity (Wildman–Crippen MR) is 52.2 cm³/mol. The molecule has 14 heavy (non-hydrogen) atoms. The molecule has 5 nitrogen and oxygen atoms in total. The largest absolute Gasteiger partial charge is 0.383 e. The third-order valence-corrected chi connectivity index (χ3v) is 0.775. The van der Waals surface area contributed by atoms with Crippen molar-refractivity contribution in [3.8, 4) is 23.9 Å². The zero-order chi connectivity index (χ0) is 11.8. The maximum atomic E-state index is 8.09. The van der Waals surface area contributed by atoms with Gasteiger partial charge in [-0.3, -0.25) is 0 Å². The Balaban J connectivity index is 0. The van der Waals surface area contributed by atoms with Crippen LogP contribution in [0.5, 0.6) is 0 Å². The van der Waals surface area contributed by atoms with Crippen molar-refractivity contribution in [2.24, 2.45) is 0 Å². The summed E-state index contributed by atoms with van der Waals surface area (Å²) in [6.45, 7) is 0. The number of nitriles is 4. The molecule has 0 saturated carbocycles. The van der Waals surface area contributed by atoms with E-state index in [9.17, 15) is 0 Å². The van der Waals surface area contributed by atoms with Crippen LogP contribution >= 0.6 is 0 Å². The Morgan fingerprint density at radius 2 is 0.857 bits per heavy atom. The topological polar surface area (TPSA) is 95.2 Å². The molecule has 0 amide bonds. The van der Waals surface area contributed by atoms with Crippen LogP contribution in [-0.2, 0) is 0 Å². The number of hydrogen-bond acceptors (Lipinski definition) is 4. The molecule has 0 aromatic heterocycles. The van der Waals surface area contributed by atoms with E-state index in [0.29, 0.717) is 0 Å². The molecule has 0 saturated heterocycles. The summed E-state index contributed by atoms with van der Waals surface area (Å²) in [5, 5.41) is 32.3.